The predicted molar refractivity (Wildman–Crippen MR) is 85.5 cm³/mol. The van der Waals surface area contributed by atoms with Crippen LogP contribution in [0.4, 0.5) is 0 Å². The van der Waals surface area contributed by atoms with E-state index in [2.05, 4.69) is 10.3 Å². The third kappa shape index (κ3) is 3.61. The van der Waals surface area contributed by atoms with Crippen molar-refractivity contribution < 1.29 is 9.53 Å². The maximum atomic E-state index is 11.8. The quantitative estimate of drug-likeness (QED) is 0.786. The zero-order valence-corrected chi connectivity index (χ0v) is 12.0. The summed E-state index contributed by atoms with van der Waals surface area (Å²) in [7, 11) is 0. The number of nitrogens with one attached hydrogen (secondary N) is 1. The largest absolute Gasteiger partial charge is 0.484 e. The van der Waals surface area contributed by atoms with E-state index in [0.29, 0.717) is 12.3 Å². The minimum atomic E-state index is -0.168. The molecule has 0 aliphatic carbocycles. The number of benzene rings is 2. The molecule has 1 heterocycles. The van der Waals surface area contributed by atoms with Gasteiger partial charge in [0.2, 0.25) is 0 Å². The van der Waals surface area contributed by atoms with Crippen LogP contribution in [0, 0.1) is 0 Å². The van der Waals surface area contributed by atoms with Crippen LogP contribution in [0.5, 0.6) is 5.75 Å². The van der Waals surface area contributed by atoms with E-state index in [1.165, 1.54) is 0 Å². The first kappa shape index (κ1) is 14.1. The number of fused-ring (bicyclic) bond motifs is 1. The van der Waals surface area contributed by atoms with Gasteiger partial charge >= 0.3 is 0 Å². The molecule has 0 radical (unpaired) electrons. The second kappa shape index (κ2) is 6.72. The zero-order chi connectivity index (χ0) is 15.2. The highest BCUT2D eigenvalue weighted by molar-refractivity contribution is 5.79. The Morgan fingerprint density at radius 3 is 2.59 bits per heavy atom. The fraction of sp³-hybridized carbons (Fsp3) is 0.111. The standard InChI is InChI=1S/C18H16N2O2/c21-18(13-22-16-7-2-1-3-8-16)19-12-15-11-10-14-6-4-5-9-17(14)20-15/h1-11H,12-13H2,(H,19,21). The predicted octanol–water partition coefficient (Wildman–Crippen LogP) is 2.93. The number of hydrogen-bond acceptors (Lipinski definition) is 3. The summed E-state index contributed by atoms with van der Waals surface area (Å²) in [6.45, 7) is 0.388. The van der Waals surface area contributed by atoms with Gasteiger partial charge in [-0.2, -0.15) is 0 Å². The van der Waals surface area contributed by atoms with E-state index in [1.54, 1.807) is 0 Å². The number of carbonyl (C=O) groups is 1. The van der Waals surface area contributed by atoms with E-state index in [4.69, 9.17) is 4.74 Å². The van der Waals surface area contributed by atoms with Crippen molar-refractivity contribution in [1.29, 1.82) is 0 Å². The Labute approximate surface area is 128 Å². The molecule has 0 saturated heterocycles. The van der Waals surface area contributed by atoms with Crippen LogP contribution in [0.25, 0.3) is 10.9 Å². The molecule has 0 aliphatic heterocycles. The lowest BCUT2D eigenvalue weighted by Gasteiger charge is -2.07. The minimum Gasteiger partial charge on any atom is -0.484 e. The lowest BCUT2D eigenvalue weighted by Crippen LogP contribution is -2.28. The Morgan fingerprint density at radius 1 is 0.955 bits per heavy atom. The van der Waals surface area contributed by atoms with E-state index < -0.39 is 0 Å². The lowest BCUT2D eigenvalue weighted by molar-refractivity contribution is -0.123. The molecule has 1 aromatic heterocycles. The Hall–Kier alpha value is -2.88. The van der Waals surface area contributed by atoms with Gasteiger partial charge in [-0.15, -0.1) is 0 Å². The molecule has 0 unspecified atom stereocenters. The number of amides is 1. The van der Waals surface area contributed by atoms with E-state index >= 15 is 0 Å². The van der Waals surface area contributed by atoms with Crippen molar-refractivity contribution in [3.63, 3.8) is 0 Å². The van der Waals surface area contributed by atoms with Crippen molar-refractivity contribution in [2.75, 3.05) is 6.61 Å². The third-order valence-electron chi connectivity index (χ3n) is 3.24. The Bertz CT molecular complexity index is 772. The van der Waals surface area contributed by atoms with Crippen molar-refractivity contribution >= 4 is 16.8 Å². The van der Waals surface area contributed by atoms with Gasteiger partial charge in [0.05, 0.1) is 17.8 Å². The van der Waals surface area contributed by atoms with Gasteiger partial charge in [0.1, 0.15) is 5.75 Å². The van der Waals surface area contributed by atoms with Crippen LogP contribution >= 0.6 is 0 Å². The highest BCUT2D eigenvalue weighted by atomic mass is 16.5. The molecule has 110 valence electrons. The van der Waals surface area contributed by atoms with Crippen molar-refractivity contribution in [1.82, 2.24) is 10.3 Å². The molecule has 3 rings (SSSR count). The number of carbonyl (C=O) groups excluding carboxylic acids is 1. The maximum absolute atomic E-state index is 11.8. The molecule has 0 bridgehead atoms. The van der Waals surface area contributed by atoms with Gasteiger partial charge in [-0.1, -0.05) is 42.5 Å². The SMILES string of the molecule is O=C(COc1ccccc1)NCc1ccc2ccccc2n1. The molecule has 4 nitrogen and oxygen atoms in total. The molecule has 1 N–H and O–H groups in total. The number of ether oxygens (including phenoxy) is 1. The molecule has 0 spiro atoms. The zero-order valence-electron chi connectivity index (χ0n) is 12.0. The monoisotopic (exact) mass is 292 g/mol. The molecule has 4 heteroatoms. The van der Waals surface area contributed by atoms with Gasteiger partial charge in [-0.25, -0.2) is 0 Å². The Kier molecular flexibility index (Phi) is 4.30. The van der Waals surface area contributed by atoms with E-state index in [1.807, 2.05) is 66.7 Å². The maximum Gasteiger partial charge on any atom is 0.258 e. The smallest absolute Gasteiger partial charge is 0.258 e. The van der Waals surface area contributed by atoms with E-state index in [9.17, 15) is 4.79 Å². The molecule has 0 fully saturated rings. The van der Waals surface area contributed by atoms with Gasteiger partial charge < -0.3 is 10.1 Å². The van der Waals surface area contributed by atoms with Crippen molar-refractivity contribution in [2.45, 2.75) is 6.54 Å². The molecular formula is C18H16N2O2. The molecule has 2 aromatic carbocycles. The highest BCUT2D eigenvalue weighted by Crippen LogP contribution is 2.11. The highest BCUT2D eigenvalue weighted by Gasteiger charge is 2.04. The van der Waals surface area contributed by atoms with Crippen LogP contribution in [0.2, 0.25) is 0 Å². The molecule has 22 heavy (non-hydrogen) atoms. The van der Waals surface area contributed by atoms with Crippen molar-refractivity contribution in [3.05, 3.63) is 72.4 Å². The van der Waals surface area contributed by atoms with Gasteiger partial charge in [0.25, 0.3) is 5.91 Å². The first-order valence-electron chi connectivity index (χ1n) is 7.10. The number of nitrogens with zero attached hydrogens (tertiary/aromatic N) is 1. The average Bonchev–Trinajstić information content (AvgIpc) is 2.59. The van der Waals surface area contributed by atoms with Gasteiger partial charge in [-0.3, -0.25) is 9.78 Å². The first-order chi connectivity index (χ1) is 10.8. The van der Waals surface area contributed by atoms with Gasteiger partial charge in [-0.05, 0) is 24.3 Å². The number of hydrogen-bond donors (Lipinski definition) is 1. The summed E-state index contributed by atoms with van der Waals surface area (Å²) in [4.78, 5) is 16.3. The molecule has 0 aliphatic rings. The summed E-state index contributed by atoms with van der Waals surface area (Å²) in [6.07, 6.45) is 0. The molecule has 1 amide bonds. The topological polar surface area (TPSA) is 51.2 Å². The summed E-state index contributed by atoms with van der Waals surface area (Å²) in [5.41, 5.74) is 1.75. The summed E-state index contributed by atoms with van der Waals surface area (Å²) in [6, 6.07) is 21.1. The Balaban J connectivity index is 1.53. The van der Waals surface area contributed by atoms with Crippen LogP contribution in [-0.2, 0) is 11.3 Å². The number of aromatic nitrogens is 1. The van der Waals surface area contributed by atoms with Crippen LogP contribution in [-0.4, -0.2) is 17.5 Å². The van der Waals surface area contributed by atoms with Crippen LogP contribution < -0.4 is 10.1 Å². The van der Waals surface area contributed by atoms with E-state index in [0.717, 1.165) is 16.6 Å². The molecule has 0 atom stereocenters. The number of para-hydroxylation sites is 2. The normalized spacial score (nSPS) is 10.4. The minimum absolute atomic E-state index is 0.00239. The van der Waals surface area contributed by atoms with E-state index in [-0.39, 0.29) is 12.5 Å². The van der Waals surface area contributed by atoms with Crippen LogP contribution in [0.15, 0.2) is 66.7 Å². The first-order valence-corrected chi connectivity index (χ1v) is 7.10. The van der Waals surface area contributed by atoms with Gasteiger partial charge in [0.15, 0.2) is 6.61 Å². The summed E-state index contributed by atoms with van der Waals surface area (Å²) < 4.78 is 5.39. The summed E-state index contributed by atoms with van der Waals surface area (Å²) >= 11 is 0. The third-order valence-corrected chi connectivity index (χ3v) is 3.24. The second-order valence-electron chi connectivity index (χ2n) is 4.87. The fourth-order valence-electron chi connectivity index (χ4n) is 2.11. The molecule has 0 saturated carbocycles. The number of pyridine rings is 1. The lowest BCUT2D eigenvalue weighted by atomic mass is 10.2. The molecule has 3 aromatic rings. The summed E-state index contributed by atoms with van der Waals surface area (Å²) in [5.74, 6) is 0.514. The summed E-state index contributed by atoms with van der Waals surface area (Å²) in [5, 5.41) is 3.90. The van der Waals surface area contributed by atoms with Crippen LogP contribution in [0.3, 0.4) is 0 Å². The number of rotatable bonds is 5. The van der Waals surface area contributed by atoms with Crippen molar-refractivity contribution in [2.24, 2.45) is 0 Å². The average molecular weight is 292 g/mol. The van der Waals surface area contributed by atoms with Crippen molar-refractivity contribution in [3.8, 4) is 5.75 Å². The fourth-order valence-corrected chi connectivity index (χ4v) is 2.11. The van der Waals surface area contributed by atoms with Crippen LogP contribution in [0.1, 0.15) is 5.69 Å². The second-order valence-corrected chi connectivity index (χ2v) is 4.87. The Morgan fingerprint density at radius 2 is 1.73 bits per heavy atom. The molecular weight excluding hydrogens is 276 g/mol. The van der Waals surface area contributed by atoms with Gasteiger partial charge in [0, 0.05) is 5.39 Å².